The summed E-state index contributed by atoms with van der Waals surface area (Å²) in [5.74, 6) is 0.559. The quantitative estimate of drug-likeness (QED) is 0.656. The van der Waals surface area contributed by atoms with Gasteiger partial charge in [-0.1, -0.05) is 48.0 Å². The van der Waals surface area contributed by atoms with Gasteiger partial charge in [0.2, 0.25) is 0 Å². The van der Waals surface area contributed by atoms with Crippen LogP contribution in [0.4, 0.5) is 10.2 Å². The van der Waals surface area contributed by atoms with Crippen LogP contribution in [0.25, 0.3) is 0 Å². The zero-order valence-electron chi connectivity index (χ0n) is 16.0. The highest BCUT2D eigenvalue weighted by atomic mass is 19.1. The number of aryl methyl sites for hydroxylation is 2. The number of anilines is 1. The molecule has 1 aromatic heterocycles. The van der Waals surface area contributed by atoms with Gasteiger partial charge in [0.1, 0.15) is 23.2 Å². The monoisotopic (exact) mass is 378 g/mol. The minimum atomic E-state index is -0.261. The maximum atomic E-state index is 13.7. The van der Waals surface area contributed by atoms with Gasteiger partial charge in [0.15, 0.2) is 0 Å². The van der Waals surface area contributed by atoms with E-state index in [0.717, 1.165) is 5.56 Å². The van der Waals surface area contributed by atoms with Crippen molar-refractivity contribution in [2.75, 3.05) is 11.9 Å². The van der Waals surface area contributed by atoms with Gasteiger partial charge in [-0.2, -0.15) is 0 Å². The molecule has 2 aromatic carbocycles. The standard InChI is InChI=1S/C22H23FN4O/c1-15-7-9-17(10-8-15)14-25-22(28)20-13-21(27-16(2)26-20)24-12-11-18-5-3-4-6-19(18)23/h3-10,13H,11-12,14H2,1-2H3,(H,25,28)(H,24,26,27). The molecule has 0 aliphatic carbocycles. The predicted molar refractivity (Wildman–Crippen MR) is 108 cm³/mol. The highest BCUT2D eigenvalue weighted by Crippen LogP contribution is 2.10. The van der Waals surface area contributed by atoms with E-state index < -0.39 is 0 Å². The van der Waals surface area contributed by atoms with Gasteiger partial charge in [-0.05, 0) is 37.5 Å². The fourth-order valence-electron chi connectivity index (χ4n) is 2.78. The summed E-state index contributed by atoms with van der Waals surface area (Å²) in [5, 5.41) is 6.01. The zero-order valence-corrected chi connectivity index (χ0v) is 16.0. The molecule has 0 fully saturated rings. The minimum absolute atomic E-state index is 0.223. The molecule has 0 atom stereocenters. The summed E-state index contributed by atoms with van der Waals surface area (Å²) in [5.41, 5.74) is 3.13. The number of nitrogens with one attached hydrogen (secondary N) is 2. The molecule has 0 spiro atoms. The molecule has 144 valence electrons. The van der Waals surface area contributed by atoms with Gasteiger partial charge < -0.3 is 10.6 Å². The van der Waals surface area contributed by atoms with Crippen LogP contribution in [0, 0.1) is 19.7 Å². The molecule has 3 aromatic rings. The van der Waals surface area contributed by atoms with Crippen molar-refractivity contribution in [1.82, 2.24) is 15.3 Å². The Morgan fingerprint density at radius 2 is 1.79 bits per heavy atom. The summed E-state index contributed by atoms with van der Waals surface area (Å²) in [6.45, 7) is 4.69. The highest BCUT2D eigenvalue weighted by Gasteiger charge is 2.10. The second-order valence-electron chi connectivity index (χ2n) is 6.62. The third-order valence-electron chi connectivity index (χ3n) is 4.30. The largest absolute Gasteiger partial charge is 0.370 e. The van der Waals surface area contributed by atoms with Crippen LogP contribution in [0.5, 0.6) is 0 Å². The normalized spacial score (nSPS) is 10.5. The van der Waals surface area contributed by atoms with Crippen molar-refractivity contribution in [3.63, 3.8) is 0 Å². The Labute approximate surface area is 164 Å². The van der Waals surface area contributed by atoms with E-state index in [-0.39, 0.29) is 11.7 Å². The van der Waals surface area contributed by atoms with Crippen LogP contribution in [0.2, 0.25) is 0 Å². The summed E-state index contributed by atoms with van der Waals surface area (Å²) in [7, 11) is 0. The number of benzene rings is 2. The fourth-order valence-corrected chi connectivity index (χ4v) is 2.78. The average Bonchev–Trinajstić information content (AvgIpc) is 2.68. The lowest BCUT2D eigenvalue weighted by Crippen LogP contribution is -2.24. The number of rotatable bonds is 7. The van der Waals surface area contributed by atoms with E-state index in [0.29, 0.717) is 42.4 Å². The lowest BCUT2D eigenvalue weighted by Gasteiger charge is -2.10. The van der Waals surface area contributed by atoms with Gasteiger partial charge in [0.25, 0.3) is 5.91 Å². The number of nitrogens with zero attached hydrogens (tertiary/aromatic N) is 2. The Hall–Kier alpha value is -3.28. The first-order valence-electron chi connectivity index (χ1n) is 9.18. The first kappa shape index (κ1) is 19.5. The van der Waals surface area contributed by atoms with Gasteiger partial charge in [0, 0.05) is 19.2 Å². The van der Waals surface area contributed by atoms with Crippen molar-refractivity contribution >= 4 is 11.7 Å². The molecule has 5 nitrogen and oxygen atoms in total. The summed E-state index contributed by atoms with van der Waals surface area (Å²) < 4.78 is 13.7. The van der Waals surface area contributed by atoms with Gasteiger partial charge >= 0.3 is 0 Å². The number of carbonyl (C=O) groups excluding carboxylic acids is 1. The topological polar surface area (TPSA) is 66.9 Å². The van der Waals surface area contributed by atoms with Crippen molar-refractivity contribution in [2.45, 2.75) is 26.8 Å². The van der Waals surface area contributed by atoms with Crippen molar-refractivity contribution in [2.24, 2.45) is 0 Å². The molecular weight excluding hydrogens is 355 g/mol. The third-order valence-corrected chi connectivity index (χ3v) is 4.30. The minimum Gasteiger partial charge on any atom is -0.370 e. The van der Waals surface area contributed by atoms with Crippen molar-refractivity contribution in [1.29, 1.82) is 0 Å². The zero-order chi connectivity index (χ0) is 19.9. The van der Waals surface area contributed by atoms with E-state index in [9.17, 15) is 9.18 Å². The first-order valence-corrected chi connectivity index (χ1v) is 9.18. The predicted octanol–water partition coefficient (Wildman–Crippen LogP) is 3.82. The molecule has 0 saturated carbocycles. The average molecular weight is 378 g/mol. The van der Waals surface area contributed by atoms with Crippen LogP contribution in [0.15, 0.2) is 54.6 Å². The summed E-state index contributed by atoms with van der Waals surface area (Å²) >= 11 is 0. The maximum Gasteiger partial charge on any atom is 0.270 e. The Kier molecular flexibility index (Phi) is 6.32. The smallest absolute Gasteiger partial charge is 0.270 e. The maximum absolute atomic E-state index is 13.7. The molecule has 1 heterocycles. The molecule has 0 bridgehead atoms. The molecule has 0 saturated heterocycles. The lowest BCUT2D eigenvalue weighted by atomic mass is 10.1. The van der Waals surface area contributed by atoms with E-state index in [1.54, 1.807) is 25.1 Å². The van der Waals surface area contributed by atoms with Crippen LogP contribution in [0.3, 0.4) is 0 Å². The number of halogens is 1. The van der Waals surface area contributed by atoms with E-state index in [1.807, 2.05) is 37.3 Å². The van der Waals surface area contributed by atoms with E-state index in [2.05, 4.69) is 20.6 Å². The molecule has 0 unspecified atom stereocenters. The van der Waals surface area contributed by atoms with Crippen LogP contribution in [-0.4, -0.2) is 22.4 Å². The SMILES string of the molecule is Cc1ccc(CNC(=O)c2cc(NCCc3ccccc3F)nc(C)n2)cc1. The van der Waals surface area contributed by atoms with Gasteiger partial charge in [0.05, 0.1) is 0 Å². The lowest BCUT2D eigenvalue weighted by molar-refractivity contribution is 0.0945. The van der Waals surface area contributed by atoms with Crippen LogP contribution in [-0.2, 0) is 13.0 Å². The molecular formula is C22H23FN4O. The number of hydrogen-bond acceptors (Lipinski definition) is 4. The number of carbonyl (C=O) groups is 1. The number of amides is 1. The summed E-state index contributed by atoms with van der Waals surface area (Å²) in [4.78, 5) is 21.0. The molecule has 0 radical (unpaired) electrons. The van der Waals surface area contributed by atoms with E-state index >= 15 is 0 Å². The van der Waals surface area contributed by atoms with E-state index in [4.69, 9.17) is 0 Å². The second-order valence-corrected chi connectivity index (χ2v) is 6.62. The molecule has 28 heavy (non-hydrogen) atoms. The van der Waals surface area contributed by atoms with Gasteiger partial charge in [-0.15, -0.1) is 0 Å². The number of hydrogen-bond donors (Lipinski definition) is 2. The molecule has 6 heteroatoms. The van der Waals surface area contributed by atoms with Gasteiger partial charge in [-0.25, -0.2) is 14.4 Å². The Balaban J connectivity index is 1.59. The van der Waals surface area contributed by atoms with Crippen LogP contribution in [0.1, 0.15) is 33.0 Å². The van der Waals surface area contributed by atoms with Crippen LogP contribution >= 0.6 is 0 Å². The Bertz CT molecular complexity index is 957. The third kappa shape index (κ3) is 5.36. The van der Waals surface area contributed by atoms with Gasteiger partial charge in [-0.3, -0.25) is 4.79 Å². The summed E-state index contributed by atoms with van der Waals surface area (Å²) in [6.07, 6.45) is 0.519. The van der Waals surface area contributed by atoms with Crippen molar-refractivity contribution in [3.05, 3.63) is 88.6 Å². The summed E-state index contributed by atoms with van der Waals surface area (Å²) in [6, 6.07) is 16.3. The highest BCUT2D eigenvalue weighted by molar-refractivity contribution is 5.92. The fraction of sp³-hybridized carbons (Fsp3) is 0.227. The first-order chi connectivity index (χ1) is 13.5. The second kappa shape index (κ2) is 9.08. The molecule has 0 aliphatic heterocycles. The van der Waals surface area contributed by atoms with Crippen molar-refractivity contribution in [3.8, 4) is 0 Å². The Morgan fingerprint density at radius 1 is 1.04 bits per heavy atom. The Morgan fingerprint density at radius 3 is 2.54 bits per heavy atom. The van der Waals surface area contributed by atoms with E-state index in [1.165, 1.54) is 11.6 Å². The van der Waals surface area contributed by atoms with Crippen molar-refractivity contribution < 1.29 is 9.18 Å². The number of aromatic nitrogens is 2. The molecule has 0 aliphatic rings. The molecule has 1 amide bonds. The molecule has 2 N–H and O–H groups in total. The molecule has 3 rings (SSSR count). The van der Waals surface area contributed by atoms with Crippen LogP contribution < -0.4 is 10.6 Å².